The topological polar surface area (TPSA) is 75.9 Å². The van der Waals surface area contributed by atoms with Crippen molar-refractivity contribution >= 4 is 12.0 Å². The molecule has 0 aromatic rings. The third-order valence-corrected chi connectivity index (χ3v) is 3.33. The molecule has 0 bridgehead atoms. The molecule has 18 heavy (non-hydrogen) atoms. The Labute approximate surface area is 108 Å². The lowest BCUT2D eigenvalue weighted by Crippen LogP contribution is -2.51. The fourth-order valence-corrected chi connectivity index (χ4v) is 1.83. The largest absolute Gasteiger partial charge is 0.453 e. The van der Waals surface area contributed by atoms with Gasteiger partial charge < -0.3 is 20.3 Å². The average Bonchev–Trinajstić information content (AvgIpc) is 2.37. The van der Waals surface area contributed by atoms with Gasteiger partial charge >= 0.3 is 6.09 Å². The number of hydrogen-bond donors (Lipinski definition) is 1. The van der Waals surface area contributed by atoms with Crippen LogP contribution in [0.1, 0.15) is 20.3 Å². The maximum Gasteiger partial charge on any atom is 0.409 e. The van der Waals surface area contributed by atoms with Crippen LogP contribution in [-0.4, -0.2) is 61.1 Å². The Morgan fingerprint density at radius 3 is 2.11 bits per heavy atom. The van der Waals surface area contributed by atoms with Gasteiger partial charge in [-0.2, -0.15) is 0 Å². The summed E-state index contributed by atoms with van der Waals surface area (Å²) in [6, 6.07) is -0.101. The summed E-state index contributed by atoms with van der Waals surface area (Å²) in [5.41, 5.74) is 5.89. The summed E-state index contributed by atoms with van der Waals surface area (Å²) in [5.74, 6) is 0.367. The molecule has 1 fully saturated rings. The summed E-state index contributed by atoms with van der Waals surface area (Å²) in [5, 5.41) is 0. The molecule has 0 aromatic heterocycles. The maximum atomic E-state index is 12.0. The van der Waals surface area contributed by atoms with Gasteiger partial charge in [0.15, 0.2) is 0 Å². The molecule has 6 heteroatoms. The molecule has 6 nitrogen and oxygen atoms in total. The van der Waals surface area contributed by atoms with Gasteiger partial charge in [-0.05, 0) is 5.92 Å². The van der Waals surface area contributed by atoms with Gasteiger partial charge in [0.1, 0.15) is 0 Å². The summed E-state index contributed by atoms with van der Waals surface area (Å²) >= 11 is 0. The lowest BCUT2D eigenvalue weighted by molar-refractivity contribution is -0.133. The number of nitrogens with zero attached hydrogens (tertiary/aromatic N) is 2. The molecule has 104 valence electrons. The monoisotopic (exact) mass is 257 g/mol. The first-order valence-corrected chi connectivity index (χ1v) is 6.32. The van der Waals surface area contributed by atoms with E-state index in [1.54, 1.807) is 9.80 Å². The highest BCUT2D eigenvalue weighted by Crippen LogP contribution is 2.09. The Hall–Kier alpha value is -1.30. The molecule has 1 atom stereocenters. The molecule has 1 unspecified atom stereocenters. The number of ether oxygens (including phenoxy) is 1. The van der Waals surface area contributed by atoms with Crippen LogP contribution in [0.5, 0.6) is 0 Å². The fourth-order valence-electron chi connectivity index (χ4n) is 1.83. The zero-order valence-corrected chi connectivity index (χ0v) is 11.4. The van der Waals surface area contributed by atoms with Crippen molar-refractivity contribution < 1.29 is 14.3 Å². The summed E-state index contributed by atoms with van der Waals surface area (Å²) in [6.45, 7) is 6.17. The summed E-state index contributed by atoms with van der Waals surface area (Å²) in [6.07, 6.45) is 0.0385. The molecule has 1 rings (SSSR count). The Morgan fingerprint density at radius 1 is 1.17 bits per heavy atom. The van der Waals surface area contributed by atoms with Crippen molar-refractivity contribution in [2.45, 2.75) is 26.3 Å². The van der Waals surface area contributed by atoms with E-state index in [4.69, 9.17) is 5.73 Å². The van der Waals surface area contributed by atoms with E-state index in [0.717, 1.165) is 0 Å². The highest BCUT2D eigenvalue weighted by Gasteiger charge is 2.25. The van der Waals surface area contributed by atoms with Crippen molar-refractivity contribution in [3.63, 3.8) is 0 Å². The van der Waals surface area contributed by atoms with E-state index >= 15 is 0 Å². The van der Waals surface area contributed by atoms with Crippen LogP contribution in [0.25, 0.3) is 0 Å². The van der Waals surface area contributed by atoms with Crippen molar-refractivity contribution in [3.8, 4) is 0 Å². The van der Waals surface area contributed by atoms with Crippen molar-refractivity contribution in [3.05, 3.63) is 0 Å². The summed E-state index contributed by atoms with van der Waals surface area (Å²) in [4.78, 5) is 26.6. The van der Waals surface area contributed by atoms with Gasteiger partial charge in [0.25, 0.3) is 0 Å². The van der Waals surface area contributed by atoms with Gasteiger partial charge in [0.2, 0.25) is 5.91 Å². The molecule has 1 aliphatic rings. The van der Waals surface area contributed by atoms with Crippen molar-refractivity contribution in [2.24, 2.45) is 11.7 Å². The first-order chi connectivity index (χ1) is 8.45. The molecule has 2 N–H and O–H groups in total. The van der Waals surface area contributed by atoms with Gasteiger partial charge in [-0.25, -0.2) is 4.79 Å². The third kappa shape index (κ3) is 3.87. The lowest BCUT2D eigenvalue weighted by atomic mass is 10.0. The number of hydrogen-bond acceptors (Lipinski definition) is 4. The van der Waals surface area contributed by atoms with Crippen LogP contribution >= 0.6 is 0 Å². The molecule has 1 saturated heterocycles. The quantitative estimate of drug-likeness (QED) is 0.787. The summed E-state index contributed by atoms with van der Waals surface area (Å²) in [7, 11) is 1.36. The highest BCUT2D eigenvalue weighted by molar-refractivity contribution is 5.77. The number of amides is 2. The number of carbonyl (C=O) groups excluding carboxylic acids is 2. The molecule has 0 spiro atoms. The summed E-state index contributed by atoms with van der Waals surface area (Å²) < 4.78 is 4.64. The number of rotatable bonds is 3. The van der Waals surface area contributed by atoms with E-state index in [0.29, 0.717) is 38.5 Å². The minimum absolute atomic E-state index is 0.0701. The minimum Gasteiger partial charge on any atom is -0.453 e. The second-order valence-corrected chi connectivity index (χ2v) is 4.95. The number of piperazine rings is 1. The van der Waals surface area contributed by atoms with E-state index in [2.05, 4.69) is 4.74 Å². The van der Waals surface area contributed by atoms with Crippen molar-refractivity contribution in [1.29, 1.82) is 0 Å². The van der Waals surface area contributed by atoms with Gasteiger partial charge in [0.05, 0.1) is 7.11 Å². The molecule has 1 aliphatic heterocycles. The number of methoxy groups -OCH3 is 1. The fraction of sp³-hybridized carbons (Fsp3) is 0.833. The Balaban J connectivity index is 2.38. The normalized spacial score (nSPS) is 17.8. The van der Waals surface area contributed by atoms with Gasteiger partial charge in [-0.15, -0.1) is 0 Å². The zero-order chi connectivity index (χ0) is 13.7. The Morgan fingerprint density at radius 2 is 1.67 bits per heavy atom. The third-order valence-electron chi connectivity index (χ3n) is 3.33. The van der Waals surface area contributed by atoms with E-state index in [1.165, 1.54) is 7.11 Å². The smallest absolute Gasteiger partial charge is 0.409 e. The number of carbonyl (C=O) groups is 2. The molecule has 0 aliphatic carbocycles. The van der Waals surface area contributed by atoms with Gasteiger partial charge in [-0.3, -0.25) is 4.79 Å². The number of nitrogens with two attached hydrogens (primary N) is 1. The zero-order valence-electron chi connectivity index (χ0n) is 11.4. The molecule has 2 amide bonds. The standard InChI is InChI=1S/C12H23N3O3/c1-9(2)10(13)8-11(16)14-4-6-15(7-5-14)12(17)18-3/h9-10H,4-8,13H2,1-3H3. The van der Waals surface area contributed by atoms with Crippen molar-refractivity contribution in [1.82, 2.24) is 9.80 Å². The predicted molar refractivity (Wildman–Crippen MR) is 68.0 cm³/mol. The van der Waals surface area contributed by atoms with Gasteiger partial charge in [-0.1, -0.05) is 13.8 Å². The second-order valence-electron chi connectivity index (χ2n) is 4.95. The van der Waals surface area contributed by atoms with E-state index in [-0.39, 0.29) is 18.0 Å². The highest BCUT2D eigenvalue weighted by atomic mass is 16.5. The van der Waals surface area contributed by atoms with E-state index < -0.39 is 0 Å². The van der Waals surface area contributed by atoms with Crippen LogP contribution in [0.4, 0.5) is 4.79 Å². The first-order valence-electron chi connectivity index (χ1n) is 6.32. The maximum absolute atomic E-state index is 12.0. The first kappa shape index (κ1) is 14.8. The molecule has 0 aromatic carbocycles. The molecule has 0 radical (unpaired) electrons. The molecular weight excluding hydrogens is 234 g/mol. The lowest BCUT2D eigenvalue weighted by Gasteiger charge is -2.34. The Kier molecular flexibility index (Phi) is 5.40. The van der Waals surface area contributed by atoms with Crippen LogP contribution in [0.15, 0.2) is 0 Å². The van der Waals surface area contributed by atoms with Gasteiger partial charge in [0, 0.05) is 38.6 Å². The molecule has 1 heterocycles. The average molecular weight is 257 g/mol. The van der Waals surface area contributed by atoms with Crippen LogP contribution in [0.2, 0.25) is 0 Å². The Bertz CT molecular complexity index is 299. The minimum atomic E-state index is -0.332. The van der Waals surface area contributed by atoms with Crippen LogP contribution in [0.3, 0.4) is 0 Å². The molecular formula is C12H23N3O3. The van der Waals surface area contributed by atoms with E-state index in [9.17, 15) is 9.59 Å². The van der Waals surface area contributed by atoms with Crippen LogP contribution in [-0.2, 0) is 9.53 Å². The van der Waals surface area contributed by atoms with Crippen molar-refractivity contribution in [2.75, 3.05) is 33.3 Å². The van der Waals surface area contributed by atoms with E-state index in [1.807, 2.05) is 13.8 Å². The van der Waals surface area contributed by atoms with Crippen LogP contribution in [0, 0.1) is 5.92 Å². The van der Waals surface area contributed by atoms with Crippen LogP contribution < -0.4 is 5.73 Å². The SMILES string of the molecule is COC(=O)N1CCN(C(=O)CC(N)C(C)C)CC1. The molecule has 0 saturated carbocycles. The predicted octanol–water partition coefficient (Wildman–Crippen LogP) is 0.270. The second kappa shape index (κ2) is 6.58.